The third-order valence-electron chi connectivity index (χ3n) is 3.82. The van der Waals surface area contributed by atoms with E-state index >= 15 is 0 Å². The zero-order chi connectivity index (χ0) is 19.1. The van der Waals surface area contributed by atoms with Gasteiger partial charge in [-0.2, -0.15) is 0 Å². The van der Waals surface area contributed by atoms with Gasteiger partial charge in [0.2, 0.25) is 11.8 Å². The molecule has 0 aromatic heterocycles. The van der Waals surface area contributed by atoms with Crippen LogP contribution in [0.5, 0.6) is 5.75 Å². The quantitative estimate of drug-likeness (QED) is 0.638. The molecule has 6 heteroatoms. The van der Waals surface area contributed by atoms with E-state index in [2.05, 4.69) is 5.32 Å². The lowest BCUT2D eigenvalue weighted by Crippen LogP contribution is -2.22. The van der Waals surface area contributed by atoms with Crippen LogP contribution in [0.15, 0.2) is 48.5 Å². The van der Waals surface area contributed by atoms with Crippen LogP contribution in [-0.4, -0.2) is 24.8 Å². The summed E-state index contributed by atoms with van der Waals surface area (Å²) in [5.41, 5.74) is 2.41. The maximum absolute atomic E-state index is 12.0. The number of carbonyl (C=O) groups is 3. The predicted octanol–water partition coefficient (Wildman–Crippen LogP) is 3.30. The van der Waals surface area contributed by atoms with E-state index in [0.717, 1.165) is 11.3 Å². The first-order valence-electron chi connectivity index (χ1n) is 8.26. The molecule has 6 nitrogen and oxygen atoms in total. The van der Waals surface area contributed by atoms with Crippen molar-refractivity contribution < 1.29 is 19.1 Å². The first-order chi connectivity index (χ1) is 12.3. The zero-order valence-electron chi connectivity index (χ0n) is 15.1. The van der Waals surface area contributed by atoms with Crippen molar-refractivity contribution in [3.8, 4) is 5.75 Å². The van der Waals surface area contributed by atoms with Gasteiger partial charge in [-0.3, -0.25) is 14.4 Å². The van der Waals surface area contributed by atoms with Crippen molar-refractivity contribution in [2.24, 2.45) is 0 Å². The molecular weight excluding hydrogens is 332 g/mol. The monoisotopic (exact) mass is 354 g/mol. The summed E-state index contributed by atoms with van der Waals surface area (Å²) < 4.78 is 5.18. The van der Waals surface area contributed by atoms with Crippen LogP contribution >= 0.6 is 0 Å². The van der Waals surface area contributed by atoms with Crippen molar-refractivity contribution >= 4 is 29.2 Å². The van der Waals surface area contributed by atoms with Crippen molar-refractivity contribution in [3.63, 3.8) is 0 Å². The number of hydrogen-bond acceptors (Lipinski definition) is 4. The molecule has 0 aliphatic heterocycles. The van der Waals surface area contributed by atoms with Gasteiger partial charge >= 0.3 is 5.97 Å². The molecule has 0 saturated carbocycles. The van der Waals surface area contributed by atoms with E-state index in [4.69, 9.17) is 4.74 Å². The van der Waals surface area contributed by atoms with Crippen LogP contribution in [0.1, 0.15) is 25.3 Å². The van der Waals surface area contributed by atoms with Gasteiger partial charge in [-0.1, -0.05) is 17.7 Å². The molecule has 0 atom stereocenters. The lowest BCUT2D eigenvalue weighted by atomic mass is 10.2. The highest BCUT2D eigenvalue weighted by Gasteiger charge is 2.10. The largest absolute Gasteiger partial charge is 0.427 e. The van der Waals surface area contributed by atoms with Gasteiger partial charge in [0, 0.05) is 31.8 Å². The van der Waals surface area contributed by atoms with Gasteiger partial charge in [0.1, 0.15) is 5.75 Å². The molecule has 0 heterocycles. The average molecular weight is 354 g/mol. The summed E-state index contributed by atoms with van der Waals surface area (Å²) in [5.74, 6) is -0.346. The molecule has 0 bridgehead atoms. The van der Waals surface area contributed by atoms with Crippen LogP contribution < -0.4 is 15.0 Å². The first-order valence-corrected chi connectivity index (χ1v) is 8.26. The maximum Gasteiger partial charge on any atom is 0.311 e. The third-order valence-corrected chi connectivity index (χ3v) is 3.82. The fraction of sp³-hybridized carbons (Fsp3) is 0.250. The Kier molecular flexibility index (Phi) is 6.49. The molecule has 2 aromatic carbocycles. The van der Waals surface area contributed by atoms with Crippen LogP contribution in [-0.2, 0) is 14.4 Å². The Labute approximate surface area is 152 Å². The molecule has 2 rings (SSSR count). The molecule has 0 aliphatic rings. The number of nitrogens with one attached hydrogen (secondary N) is 1. The van der Waals surface area contributed by atoms with Gasteiger partial charge < -0.3 is 15.0 Å². The topological polar surface area (TPSA) is 75.7 Å². The number of esters is 1. The molecule has 0 unspecified atom stereocenters. The SMILES string of the molecule is CC(=O)N(C)c1ccc(NC(=O)CCC(=O)Oc2ccc(C)cc2)cc1. The van der Waals surface area contributed by atoms with Gasteiger partial charge in [0.15, 0.2) is 0 Å². The molecular formula is C20H22N2O4. The number of aryl methyl sites for hydroxylation is 1. The Morgan fingerprint density at radius 1 is 0.962 bits per heavy atom. The van der Waals surface area contributed by atoms with Gasteiger partial charge in [-0.25, -0.2) is 0 Å². The van der Waals surface area contributed by atoms with E-state index in [-0.39, 0.29) is 24.7 Å². The van der Waals surface area contributed by atoms with Crippen molar-refractivity contribution in [3.05, 3.63) is 54.1 Å². The fourth-order valence-corrected chi connectivity index (χ4v) is 2.18. The number of amides is 2. The Balaban J connectivity index is 1.80. The summed E-state index contributed by atoms with van der Waals surface area (Å²) in [6.07, 6.45) is 0.0185. The van der Waals surface area contributed by atoms with Gasteiger partial charge in [0.05, 0.1) is 6.42 Å². The van der Waals surface area contributed by atoms with Crippen LogP contribution in [0.4, 0.5) is 11.4 Å². The number of ether oxygens (including phenoxy) is 1. The number of nitrogens with zero attached hydrogens (tertiary/aromatic N) is 1. The molecule has 26 heavy (non-hydrogen) atoms. The summed E-state index contributed by atoms with van der Waals surface area (Å²) in [4.78, 5) is 36.6. The number of hydrogen-bond donors (Lipinski definition) is 1. The number of rotatable bonds is 6. The average Bonchev–Trinajstić information content (AvgIpc) is 2.62. The smallest absolute Gasteiger partial charge is 0.311 e. The highest BCUT2D eigenvalue weighted by atomic mass is 16.5. The van der Waals surface area contributed by atoms with E-state index in [9.17, 15) is 14.4 Å². The van der Waals surface area contributed by atoms with Gasteiger partial charge in [-0.05, 0) is 43.3 Å². The Morgan fingerprint density at radius 3 is 2.15 bits per heavy atom. The van der Waals surface area contributed by atoms with Crippen molar-refractivity contribution in [1.82, 2.24) is 0 Å². The molecule has 0 aliphatic carbocycles. The standard InChI is InChI=1S/C20H22N2O4/c1-14-4-10-18(11-5-14)26-20(25)13-12-19(24)21-16-6-8-17(9-7-16)22(3)15(2)23/h4-11H,12-13H2,1-3H3,(H,21,24). The third kappa shape index (κ3) is 5.73. The maximum atomic E-state index is 12.0. The lowest BCUT2D eigenvalue weighted by Gasteiger charge is -2.15. The summed E-state index contributed by atoms with van der Waals surface area (Å²) >= 11 is 0. The van der Waals surface area contributed by atoms with Crippen molar-refractivity contribution in [2.45, 2.75) is 26.7 Å². The van der Waals surface area contributed by atoms with Crippen LogP contribution in [0, 0.1) is 6.92 Å². The minimum absolute atomic E-state index is 0.00906. The van der Waals surface area contributed by atoms with E-state index in [1.165, 1.54) is 11.8 Å². The molecule has 2 amide bonds. The first kappa shape index (κ1) is 19.2. The lowest BCUT2D eigenvalue weighted by molar-refractivity contribution is -0.135. The van der Waals surface area contributed by atoms with E-state index in [1.807, 2.05) is 19.1 Å². The number of anilines is 2. The minimum atomic E-state index is -0.456. The summed E-state index contributed by atoms with van der Waals surface area (Å²) in [5, 5.41) is 2.71. The van der Waals surface area contributed by atoms with Gasteiger partial charge in [0.25, 0.3) is 0 Å². The minimum Gasteiger partial charge on any atom is -0.427 e. The summed E-state index contributed by atoms with van der Waals surface area (Å²) in [6, 6.07) is 14.0. The second-order valence-corrected chi connectivity index (χ2v) is 5.96. The van der Waals surface area contributed by atoms with E-state index in [1.54, 1.807) is 43.4 Å². The van der Waals surface area contributed by atoms with Crippen molar-refractivity contribution in [2.75, 3.05) is 17.3 Å². The van der Waals surface area contributed by atoms with Crippen LogP contribution in [0.2, 0.25) is 0 Å². The van der Waals surface area contributed by atoms with Crippen LogP contribution in [0.3, 0.4) is 0 Å². The summed E-state index contributed by atoms with van der Waals surface area (Å²) in [7, 11) is 1.68. The molecule has 0 fully saturated rings. The summed E-state index contributed by atoms with van der Waals surface area (Å²) in [6.45, 7) is 3.42. The molecule has 0 radical (unpaired) electrons. The highest BCUT2D eigenvalue weighted by Crippen LogP contribution is 2.17. The Hall–Kier alpha value is -3.15. The molecule has 0 saturated heterocycles. The molecule has 1 N–H and O–H groups in total. The normalized spacial score (nSPS) is 10.1. The van der Waals surface area contributed by atoms with Crippen molar-refractivity contribution in [1.29, 1.82) is 0 Å². The molecule has 136 valence electrons. The number of carbonyl (C=O) groups excluding carboxylic acids is 3. The predicted molar refractivity (Wildman–Crippen MR) is 100 cm³/mol. The fourth-order valence-electron chi connectivity index (χ4n) is 2.18. The van der Waals surface area contributed by atoms with E-state index in [0.29, 0.717) is 11.4 Å². The second kappa shape index (κ2) is 8.80. The Morgan fingerprint density at radius 2 is 1.58 bits per heavy atom. The zero-order valence-corrected chi connectivity index (χ0v) is 15.1. The number of benzene rings is 2. The van der Waals surface area contributed by atoms with Gasteiger partial charge in [-0.15, -0.1) is 0 Å². The second-order valence-electron chi connectivity index (χ2n) is 5.96. The Bertz CT molecular complexity index is 782. The van der Waals surface area contributed by atoms with Crippen LogP contribution in [0.25, 0.3) is 0 Å². The molecule has 2 aromatic rings. The molecule has 0 spiro atoms. The van der Waals surface area contributed by atoms with E-state index < -0.39 is 5.97 Å². The highest BCUT2D eigenvalue weighted by molar-refractivity contribution is 5.94.